The van der Waals surface area contributed by atoms with E-state index in [2.05, 4.69) is 34.9 Å². The summed E-state index contributed by atoms with van der Waals surface area (Å²) >= 11 is 0. The maximum Gasteiger partial charge on any atom is 0.315 e. The Labute approximate surface area is 152 Å². The van der Waals surface area contributed by atoms with E-state index in [1.54, 1.807) is 0 Å². The van der Waals surface area contributed by atoms with Crippen molar-refractivity contribution >= 4 is 5.97 Å². The van der Waals surface area contributed by atoms with Gasteiger partial charge in [0.25, 0.3) is 0 Å². The number of ether oxygens (including phenoxy) is 2. The van der Waals surface area contributed by atoms with Crippen LogP contribution in [0.2, 0.25) is 0 Å². The Hall–Kier alpha value is -0.610. The highest BCUT2D eigenvalue weighted by atomic mass is 16.7. The molecule has 0 aromatic rings. The molecular weight excluding hydrogens is 314 g/mol. The van der Waals surface area contributed by atoms with Crippen LogP contribution in [0.1, 0.15) is 59.3 Å². The predicted molar refractivity (Wildman–Crippen MR) is 97.0 cm³/mol. The Bertz CT molecular complexity index is 561. The van der Waals surface area contributed by atoms with Crippen LogP contribution in [0.25, 0.3) is 0 Å². The van der Waals surface area contributed by atoms with Crippen LogP contribution in [-0.2, 0) is 14.3 Å². The third kappa shape index (κ3) is 2.58. The first-order valence-corrected chi connectivity index (χ1v) is 10.5. The second-order valence-corrected chi connectivity index (χ2v) is 10.2. The lowest BCUT2D eigenvalue weighted by Gasteiger charge is -2.50. The van der Waals surface area contributed by atoms with E-state index in [-0.39, 0.29) is 29.2 Å². The molecule has 25 heavy (non-hydrogen) atoms. The molecule has 142 valence electrons. The summed E-state index contributed by atoms with van der Waals surface area (Å²) in [5, 5.41) is 0. The van der Waals surface area contributed by atoms with Gasteiger partial charge in [0.1, 0.15) is 17.6 Å². The van der Waals surface area contributed by atoms with Crippen molar-refractivity contribution in [2.24, 2.45) is 23.7 Å². The highest BCUT2D eigenvalue weighted by Gasteiger charge is 2.77. The van der Waals surface area contributed by atoms with Crippen LogP contribution in [0.3, 0.4) is 0 Å². The molecule has 0 aromatic heterocycles. The average Bonchev–Trinajstić information content (AvgIpc) is 3.17. The lowest BCUT2D eigenvalue weighted by Crippen LogP contribution is -2.59. The third-order valence-electron chi connectivity index (χ3n) is 7.90. The summed E-state index contributed by atoms with van der Waals surface area (Å²) < 4.78 is 13.5. The fourth-order valence-corrected chi connectivity index (χ4v) is 6.47. The number of unbranched alkanes of at least 4 members (excludes halogenated alkanes) is 1. The Morgan fingerprint density at radius 3 is 2.68 bits per heavy atom. The maximum absolute atomic E-state index is 13.0. The minimum atomic E-state index is -0.322. The number of esters is 1. The molecule has 2 saturated carbocycles. The zero-order valence-electron chi connectivity index (χ0n) is 16.7. The molecule has 0 unspecified atom stereocenters. The summed E-state index contributed by atoms with van der Waals surface area (Å²) in [4.78, 5) is 13.0. The molecule has 0 aromatic carbocycles. The largest absolute Gasteiger partial charge is 0.455 e. The van der Waals surface area contributed by atoms with Crippen LogP contribution in [0.15, 0.2) is 0 Å². The molecule has 0 N–H and O–H groups in total. The van der Waals surface area contributed by atoms with Crippen molar-refractivity contribution in [3.8, 4) is 0 Å². The number of carbonyl (C=O) groups is 1. The van der Waals surface area contributed by atoms with Gasteiger partial charge in [0.05, 0.1) is 32.8 Å². The van der Waals surface area contributed by atoms with Gasteiger partial charge in [0.15, 0.2) is 0 Å². The van der Waals surface area contributed by atoms with E-state index in [1.165, 1.54) is 19.3 Å². The monoisotopic (exact) mass is 350 g/mol. The SMILES string of the molecule is CCCC[N+](C)(C)C[C@@H]1C(=O)O[C@@]23[C@H](CC[C@@]4(C)O[C@@H]24)[C@H](C)CC[C@H]13. The summed E-state index contributed by atoms with van der Waals surface area (Å²) in [7, 11) is 4.55. The van der Waals surface area contributed by atoms with Gasteiger partial charge in [-0.2, -0.15) is 0 Å². The van der Waals surface area contributed by atoms with Crippen LogP contribution in [0, 0.1) is 23.7 Å². The van der Waals surface area contributed by atoms with Crippen LogP contribution in [0.4, 0.5) is 0 Å². The van der Waals surface area contributed by atoms with Gasteiger partial charge in [0, 0.05) is 11.8 Å². The van der Waals surface area contributed by atoms with Crippen LogP contribution in [-0.4, -0.2) is 54.9 Å². The summed E-state index contributed by atoms with van der Waals surface area (Å²) in [6.07, 6.45) is 7.20. The molecular formula is C21H36NO3+. The van der Waals surface area contributed by atoms with Gasteiger partial charge < -0.3 is 14.0 Å². The molecule has 0 amide bonds. The molecule has 0 bridgehead atoms. The number of hydrogen-bond acceptors (Lipinski definition) is 3. The Balaban J connectivity index is 1.61. The second kappa shape index (κ2) is 5.69. The van der Waals surface area contributed by atoms with E-state index in [9.17, 15) is 4.79 Å². The summed E-state index contributed by atoms with van der Waals surface area (Å²) in [5.41, 5.74) is -0.356. The number of hydrogen-bond donors (Lipinski definition) is 0. The minimum Gasteiger partial charge on any atom is -0.455 e. The fraction of sp³-hybridized carbons (Fsp3) is 0.952. The van der Waals surface area contributed by atoms with Crippen molar-refractivity contribution in [1.82, 2.24) is 0 Å². The first kappa shape index (κ1) is 17.8. The zero-order valence-corrected chi connectivity index (χ0v) is 16.7. The number of carbonyl (C=O) groups excluding carboxylic acids is 1. The van der Waals surface area contributed by atoms with Crippen LogP contribution >= 0.6 is 0 Å². The smallest absolute Gasteiger partial charge is 0.315 e. The van der Waals surface area contributed by atoms with Crippen molar-refractivity contribution in [2.75, 3.05) is 27.2 Å². The van der Waals surface area contributed by atoms with E-state index >= 15 is 0 Å². The summed E-state index contributed by atoms with van der Waals surface area (Å²) in [6.45, 7) is 8.87. The first-order chi connectivity index (χ1) is 11.7. The second-order valence-electron chi connectivity index (χ2n) is 10.2. The van der Waals surface area contributed by atoms with Crippen LogP contribution in [0.5, 0.6) is 0 Å². The van der Waals surface area contributed by atoms with Crippen molar-refractivity contribution < 1.29 is 18.8 Å². The number of quaternary nitrogens is 1. The molecule has 2 saturated heterocycles. The van der Waals surface area contributed by atoms with Gasteiger partial charge in [-0.25, -0.2) is 0 Å². The molecule has 4 aliphatic rings. The van der Waals surface area contributed by atoms with Gasteiger partial charge in [-0.15, -0.1) is 0 Å². The molecule has 4 fully saturated rings. The molecule has 4 rings (SSSR count). The fourth-order valence-electron chi connectivity index (χ4n) is 6.47. The third-order valence-corrected chi connectivity index (χ3v) is 7.90. The molecule has 4 nitrogen and oxygen atoms in total. The van der Waals surface area contributed by atoms with Gasteiger partial charge in [-0.1, -0.05) is 20.3 Å². The van der Waals surface area contributed by atoms with Crippen LogP contribution < -0.4 is 0 Å². The highest BCUT2D eigenvalue weighted by molar-refractivity contribution is 5.77. The van der Waals surface area contributed by atoms with Crippen molar-refractivity contribution in [2.45, 2.75) is 76.6 Å². The Morgan fingerprint density at radius 1 is 1.20 bits per heavy atom. The quantitative estimate of drug-likeness (QED) is 0.433. The number of rotatable bonds is 5. The lowest BCUT2D eigenvalue weighted by molar-refractivity contribution is -0.893. The molecule has 1 spiro atoms. The topological polar surface area (TPSA) is 38.8 Å². The highest BCUT2D eigenvalue weighted by Crippen LogP contribution is 2.66. The molecule has 2 heterocycles. The molecule has 2 aliphatic heterocycles. The van der Waals surface area contributed by atoms with Gasteiger partial charge in [-0.3, -0.25) is 4.79 Å². The standard InChI is InChI=1S/C21H36NO3/c1-6-7-12-22(4,5)13-15-17-9-8-14(2)16-10-11-20(3)19(25-20)21(16,17)24-18(15)23/h14-17,19H,6-13H2,1-5H3/q+1/t14-,15+,16-,17-,19-,20-,21-/m1/s1. The van der Waals surface area contributed by atoms with E-state index in [1.807, 2.05) is 0 Å². The van der Waals surface area contributed by atoms with Gasteiger partial charge >= 0.3 is 5.97 Å². The van der Waals surface area contributed by atoms with Crippen molar-refractivity contribution in [1.29, 1.82) is 0 Å². The maximum atomic E-state index is 13.0. The van der Waals surface area contributed by atoms with Crippen molar-refractivity contribution in [3.05, 3.63) is 0 Å². The van der Waals surface area contributed by atoms with Gasteiger partial charge in [0.2, 0.25) is 0 Å². The molecule has 2 aliphatic carbocycles. The summed E-state index contributed by atoms with van der Waals surface area (Å²) in [5.74, 6) is 1.60. The minimum absolute atomic E-state index is 0.0342. The first-order valence-electron chi connectivity index (χ1n) is 10.5. The van der Waals surface area contributed by atoms with E-state index in [0.717, 1.165) is 36.8 Å². The lowest BCUT2D eigenvalue weighted by atomic mass is 9.55. The molecule has 0 radical (unpaired) electrons. The zero-order chi connectivity index (χ0) is 18.0. The van der Waals surface area contributed by atoms with Crippen molar-refractivity contribution in [3.63, 3.8) is 0 Å². The number of nitrogens with zero attached hydrogens (tertiary/aromatic N) is 1. The Kier molecular flexibility index (Phi) is 4.05. The molecule has 4 heteroatoms. The number of fused-ring (bicyclic) bond motifs is 1. The van der Waals surface area contributed by atoms with E-state index in [0.29, 0.717) is 17.8 Å². The van der Waals surface area contributed by atoms with E-state index < -0.39 is 0 Å². The van der Waals surface area contributed by atoms with E-state index in [4.69, 9.17) is 9.47 Å². The predicted octanol–water partition coefficient (Wildman–Crippen LogP) is 3.39. The molecule has 7 atom stereocenters. The normalized spacial score (nSPS) is 48.4. The average molecular weight is 351 g/mol. The van der Waals surface area contributed by atoms with Gasteiger partial charge in [-0.05, 0) is 44.9 Å². The Morgan fingerprint density at radius 2 is 1.96 bits per heavy atom. The summed E-state index contributed by atoms with van der Waals surface area (Å²) in [6, 6.07) is 0. The number of epoxide rings is 1.